The first-order valence-electron chi connectivity index (χ1n) is 29.8. The van der Waals surface area contributed by atoms with Gasteiger partial charge in [-0.1, -0.05) is 107 Å². The van der Waals surface area contributed by atoms with Crippen LogP contribution in [0.15, 0.2) is 0 Å². The third kappa shape index (κ3) is 18.7. The molecule has 5 unspecified atom stereocenters. The van der Waals surface area contributed by atoms with Gasteiger partial charge in [0.25, 0.3) is 0 Å². The van der Waals surface area contributed by atoms with Gasteiger partial charge in [0.2, 0.25) is 6.10 Å². The van der Waals surface area contributed by atoms with E-state index in [1.165, 1.54) is 44.9 Å². The van der Waals surface area contributed by atoms with Crippen molar-refractivity contribution in [1.29, 1.82) is 0 Å². The first-order valence-corrected chi connectivity index (χ1v) is 29.8. The summed E-state index contributed by atoms with van der Waals surface area (Å²) in [5.41, 5.74) is -6.14. The Labute approximate surface area is 520 Å². The second-order valence-corrected chi connectivity index (χ2v) is 29.2. The van der Waals surface area contributed by atoms with Crippen molar-refractivity contribution >= 4 is 35.8 Å². The highest BCUT2D eigenvalue weighted by atomic mass is 16.6. The van der Waals surface area contributed by atoms with E-state index in [1.807, 2.05) is 62.3 Å². The van der Waals surface area contributed by atoms with Gasteiger partial charge in [-0.3, -0.25) is 24.0 Å². The Balaban J connectivity index is -0.00000105. The number of cyclic esters (lactones) is 2. The largest absolute Gasteiger partial charge is 0.463 e. The molecule has 0 aromatic carbocycles. The van der Waals surface area contributed by atoms with Gasteiger partial charge in [-0.25, -0.2) is 4.79 Å². The van der Waals surface area contributed by atoms with Crippen LogP contribution in [0.5, 0.6) is 0 Å². The van der Waals surface area contributed by atoms with Crippen molar-refractivity contribution in [2.45, 2.75) is 357 Å². The summed E-state index contributed by atoms with van der Waals surface area (Å²) in [5, 5.41) is 21.3. The Bertz CT molecular complexity index is 2150. The number of hydrogen-bond acceptors (Lipinski definition) is 15. The molecule has 15 heteroatoms. The summed E-state index contributed by atoms with van der Waals surface area (Å²) in [4.78, 5) is 71.5. The number of ether oxygens (including phenoxy) is 7. The maximum atomic E-state index is 12.9. The molecule has 85 heavy (non-hydrogen) atoms. The van der Waals surface area contributed by atoms with Crippen molar-refractivity contribution in [3.63, 3.8) is 0 Å². The van der Waals surface area contributed by atoms with Crippen LogP contribution in [-0.2, 0) is 61.9 Å². The van der Waals surface area contributed by atoms with Crippen LogP contribution >= 0.6 is 0 Å². The average Bonchev–Trinajstić information content (AvgIpc) is 4.01. The first kappa shape index (κ1) is 85.9. The van der Waals surface area contributed by atoms with E-state index >= 15 is 0 Å². The number of carbonyl (C=O) groups is 6. The summed E-state index contributed by atoms with van der Waals surface area (Å²) >= 11 is 0. The molecule has 9 aliphatic carbocycles. The molecule has 0 aromatic heterocycles. The van der Waals surface area contributed by atoms with Gasteiger partial charge in [0, 0.05) is 32.1 Å². The van der Waals surface area contributed by atoms with E-state index in [-0.39, 0.29) is 124 Å². The molecular weight excluding hydrogens is 1080 g/mol. The fourth-order valence-corrected chi connectivity index (χ4v) is 14.1. The zero-order valence-electron chi connectivity index (χ0n) is 50.5. The molecule has 15 nitrogen and oxygen atoms in total. The van der Waals surface area contributed by atoms with Crippen molar-refractivity contribution in [2.24, 2.45) is 44.8 Å². The molecule has 11 fully saturated rings. The topological polar surface area (TPSA) is 207 Å². The van der Waals surface area contributed by atoms with Crippen molar-refractivity contribution in [1.82, 2.24) is 0 Å². The van der Waals surface area contributed by atoms with Gasteiger partial charge in [-0.15, -0.1) is 0 Å². The summed E-state index contributed by atoms with van der Waals surface area (Å²) in [7, 11) is 0. The molecular formula is C70H134O15. The maximum Gasteiger partial charge on any atom is 0.347 e. The Morgan fingerprint density at radius 3 is 1.29 bits per heavy atom. The molecule has 0 spiro atoms. The summed E-state index contributed by atoms with van der Waals surface area (Å²) < 4.78 is 39.6. The van der Waals surface area contributed by atoms with Crippen LogP contribution in [0.3, 0.4) is 0 Å². The zero-order chi connectivity index (χ0) is 57.7. The van der Waals surface area contributed by atoms with Gasteiger partial charge in [0.05, 0.1) is 50.7 Å². The molecule has 9 saturated carbocycles. The molecule has 11 aliphatic rings. The monoisotopic (exact) mass is 1210 g/mol. The van der Waals surface area contributed by atoms with E-state index in [0.717, 1.165) is 57.8 Å². The van der Waals surface area contributed by atoms with Crippen LogP contribution < -0.4 is 0 Å². The molecule has 0 radical (unpaired) electrons. The Morgan fingerprint density at radius 1 is 0.518 bits per heavy atom. The standard InChI is InChI=1S/C23H38O3.C16H26O4.C13H22O4.C10H16O4.8CH4/c1-5-20(3,4)19(24)25-22-12-17-11-18(13-22)15-23(14-17,16-22)26-21(6-2)9-7-8-10-21;1-4-13(2,3)12(17)20-16-7-11-5-14(18,9-16)8-15(19,6-11)10-16;1-7-11(2,3)9(14)17-13(6)8-16-10(15)12(13,4)5;1-4-10(2,3)9(12)14-7-5-6-13-8(7)11;;;;;;;;/h17-18H,5-16H2,1-4H3;11,18-19H,4-10H2,1-3H3;7-8H2,1-6H3;7H,4-6H2,1-3H3;8*1H4/t;;13-;;;;;;;;;/m..1........./s1. The normalized spacial score (nSPS) is 32.6. The van der Waals surface area contributed by atoms with E-state index < -0.39 is 56.1 Å². The second kappa shape index (κ2) is 30.5. The fraction of sp³-hybridized carbons (Fsp3) is 0.914. The molecule has 2 saturated heterocycles. The summed E-state index contributed by atoms with van der Waals surface area (Å²) in [6.07, 6.45) is 19.4. The van der Waals surface area contributed by atoms with Crippen LogP contribution in [0.25, 0.3) is 0 Å². The minimum Gasteiger partial charge on any atom is -0.463 e. The molecule has 0 aromatic rings. The van der Waals surface area contributed by atoms with Crippen molar-refractivity contribution in [2.75, 3.05) is 13.2 Å². The van der Waals surface area contributed by atoms with Gasteiger partial charge < -0.3 is 43.4 Å². The molecule has 6 atom stereocenters. The molecule has 0 amide bonds. The smallest absolute Gasteiger partial charge is 0.347 e. The number of aliphatic hydroxyl groups is 2. The lowest BCUT2D eigenvalue weighted by Crippen LogP contribution is -2.67. The van der Waals surface area contributed by atoms with Crippen LogP contribution in [0.4, 0.5) is 0 Å². The molecule has 2 N–H and O–H groups in total. The van der Waals surface area contributed by atoms with Gasteiger partial charge >= 0.3 is 35.8 Å². The quantitative estimate of drug-likeness (QED) is 0.115. The van der Waals surface area contributed by atoms with E-state index in [0.29, 0.717) is 57.0 Å². The van der Waals surface area contributed by atoms with E-state index in [1.54, 1.807) is 34.6 Å². The van der Waals surface area contributed by atoms with Crippen LogP contribution in [0, 0.1) is 44.8 Å². The zero-order valence-corrected chi connectivity index (χ0v) is 50.5. The van der Waals surface area contributed by atoms with E-state index in [4.69, 9.17) is 33.2 Å². The second-order valence-electron chi connectivity index (χ2n) is 29.2. The SMILES string of the molecule is C.C.C.C.C.C.C.C.CCC(C)(C)C(=O)OC12CC3CC(O)(CC(O)(C3)C1)C2.CCC(C)(C)C(=O)OC1CCOC1=O.CCC(C)(C)C(=O)O[C@]1(C)COC(=O)C1(C)C.CCC1(OC23CC4CC(CC(OC(=O)C(C)(C)CC)(C4)C2)C3)CCCC1. The highest BCUT2D eigenvalue weighted by Crippen LogP contribution is 2.63. The van der Waals surface area contributed by atoms with Crippen LogP contribution in [0.2, 0.25) is 0 Å². The minimum atomic E-state index is -0.881. The lowest BCUT2D eigenvalue weighted by atomic mass is 9.50. The van der Waals surface area contributed by atoms with Crippen molar-refractivity contribution in [3.8, 4) is 0 Å². The number of hydrogen-bond donors (Lipinski definition) is 2. The third-order valence-electron chi connectivity index (χ3n) is 20.6. The van der Waals surface area contributed by atoms with Gasteiger partial charge in [-0.2, -0.15) is 0 Å². The Hall–Kier alpha value is -3.30. The molecule has 8 bridgehead atoms. The molecule has 2 aliphatic heterocycles. The minimum absolute atomic E-state index is 0. The van der Waals surface area contributed by atoms with E-state index in [2.05, 4.69) is 13.8 Å². The first-order chi connectivity index (χ1) is 35.4. The van der Waals surface area contributed by atoms with Crippen LogP contribution in [-0.4, -0.2) is 105 Å². The van der Waals surface area contributed by atoms with Gasteiger partial charge in [0.15, 0.2) is 5.60 Å². The Kier molecular flexibility index (Phi) is 30.8. The van der Waals surface area contributed by atoms with Crippen LogP contribution in [0.1, 0.15) is 311 Å². The molecule has 504 valence electrons. The maximum absolute atomic E-state index is 12.9. The number of rotatable bonds is 15. The number of esters is 6. The lowest BCUT2D eigenvalue weighted by Gasteiger charge is -2.62. The predicted octanol–water partition coefficient (Wildman–Crippen LogP) is 16.6. The van der Waals surface area contributed by atoms with Gasteiger partial charge in [-0.05, 0) is 190 Å². The lowest BCUT2D eigenvalue weighted by molar-refractivity contribution is -0.268. The third-order valence-corrected chi connectivity index (χ3v) is 20.6. The van der Waals surface area contributed by atoms with Crippen molar-refractivity contribution < 1.29 is 72.1 Å². The van der Waals surface area contributed by atoms with E-state index in [9.17, 15) is 39.0 Å². The fourth-order valence-electron chi connectivity index (χ4n) is 14.1. The van der Waals surface area contributed by atoms with Gasteiger partial charge in [0.1, 0.15) is 23.2 Å². The predicted molar refractivity (Wildman–Crippen MR) is 344 cm³/mol. The summed E-state index contributed by atoms with van der Waals surface area (Å²) in [5.74, 6) is 0.0920. The number of carbonyl (C=O) groups excluding carboxylic acids is 6. The summed E-state index contributed by atoms with van der Waals surface area (Å²) in [6, 6.07) is 0. The molecule has 11 rings (SSSR count). The van der Waals surface area contributed by atoms with Crippen molar-refractivity contribution in [3.05, 3.63) is 0 Å². The highest BCUT2D eigenvalue weighted by Gasteiger charge is 2.66. The summed E-state index contributed by atoms with van der Waals surface area (Å²) in [6.45, 7) is 31.0. The highest BCUT2D eigenvalue weighted by molar-refractivity contribution is 5.83. The molecule has 2 heterocycles. The average molecular weight is 1220 g/mol. The Morgan fingerprint density at radius 2 is 0.918 bits per heavy atom.